The molecule has 5 nitrogen and oxygen atoms in total. The van der Waals surface area contributed by atoms with Crippen LogP contribution in [0.25, 0.3) is 0 Å². The maximum Gasteiger partial charge on any atom is 0.306 e. The van der Waals surface area contributed by atoms with E-state index in [-0.39, 0.29) is 18.4 Å². The van der Waals surface area contributed by atoms with Crippen molar-refractivity contribution >= 4 is 16.9 Å². The highest BCUT2D eigenvalue weighted by Crippen LogP contribution is 2.25. The number of esters is 1. The van der Waals surface area contributed by atoms with Gasteiger partial charge in [-0.3, -0.25) is 4.79 Å². The molecule has 0 heterocycles. The molecule has 130 valence electrons. The van der Waals surface area contributed by atoms with Gasteiger partial charge in [0.2, 0.25) is 10.9 Å². The molecular weight excluding hydrogens is 335 g/mol. The van der Waals surface area contributed by atoms with Gasteiger partial charge >= 0.3 is 5.97 Å². The summed E-state index contributed by atoms with van der Waals surface area (Å²) in [4.78, 5) is 11.7. The van der Waals surface area contributed by atoms with Crippen LogP contribution in [-0.2, 0) is 20.4 Å². The van der Waals surface area contributed by atoms with Crippen LogP contribution in [0.15, 0.2) is 12.1 Å². The fourth-order valence-corrected chi connectivity index (χ4v) is 2.40. The first-order valence-corrected chi connectivity index (χ1v) is 7.94. The standard InChI is InChI=1S/C14H18F3NO4S/c1-14(2,3)22-13(19)5-4-12(18-23(20)21)8-6-10(16)11(17)7-9(8)15/h6-7,12,23H,4-5H2,1-3H3,(H,18,20,21)/t12-/m1/s1. The Morgan fingerprint density at radius 2 is 1.74 bits per heavy atom. The molecule has 0 saturated heterocycles. The Bertz CT molecular complexity index is 648. The second-order valence-corrected chi connectivity index (χ2v) is 6.62. The van der Waals surface area contributed by atoms with Crippen molar-refractivity contribution in [3.8, 4) is 0 Å². The number of carbonyl (C=O) groups is 1. The summed E-state index contributed by atoms with van der Waals surface area (Å²) in [5.41, 5.74) is -1.11. The molecule has 0 saturated carbocycles. The van der Waals surface area contributed by atoms with E-state index in [4.69, 9.17) is 4.74 Å². The van der Waals surface area contributed by atoms with Gasteiger partial charge < -0.3 is 4.74 Å². The molecule has 1 atom stereocenters. The molecule has 0 unspecified atom stereocenters. The molecule has 23 heavy (non-hydrogen) atoms. The minimum Gasteiger partial charge on any atom is -0.460 e. The van der Waals surface area contributed by atoms with Crippen LogP contribution >= 0.6 is 0 Å². The number of ether oxygens (including phenoxy) is 1. The molecule has 0 radical (unpaired) electrons. The summed E-state index contributed by atoms with van der Waals surface area (Å²) >= 11 is 0. The predicted octanol–water partition coefficient (Wildman–Crippen LogP) is 2.38. The van der Waals surface area contributed by atoms with E-state index in [1.807, 2.05) is 4.72 Å². The van der Waals surface area contributed by atoms with Crippen molar-refractivity contribution in [3.63, 3.8) is 0 Å². The van der Waals surface area contributed by atoms with E-state index in [9.17, 15) is 26.4 Å². The Kier molecular flexibility index (Phi) is 6.57. The summed E-state index contributed by atoms with van der Waals surface area (Å²) in [6.45, 7) is 4.97. The van der Waals surface area contributed by atoms with E-state index < -0.39 is 46.0 Å². The molecule has 0 bridgehead atoms. The molecule has 1 aromatic rings. The summed E-state index contributed by atoms with van der Waals surface area (Å²) in [6.07, 6.45) is -0.392. The lowest BCUT2D eigenvalue weighted by Gasteiger charge is -2.21. The van der Waals surface area contributed by atoms with Crippen LogP contribution in [0.5, 0.6) is 0 Å². The Morgan fingerprint density at radius 1 is 1.17 bits per heavy atom. The van der Waals surface area contributed by atoms with Crippen molar-refractivity contribution in [2.75, 3.05) is 0 Å². The van der Waals surface area contributed by atoms with Gasteiger partial charge in [-0.2, -0.15) is 0 Å². The highest BCUT2D eigenvalue weighted by atomic mass is 32.2. The van der Waals surface area contributed by atoms with Gasteiger partial charge in [0.15, 0.2) is 11.6 Å². The summed E-state index contributed by atoms with van der Waals surface area (Å²) in [5.74, 6) is -4.42. The van der Waals surface area contributed by atoms with Crippen LogP contribution in [0.3, 0.4) is 0 Å². The number of hydrogen-bond acceptors (Lipinski definition) is 4. The van der Waals surface area contributed by atoms with Crippen molar-refractivity contribution in [2.24, 2.45) is 0 Å². The summed E-state index contributed by atoms with van der Waals surface area (Å²) < 4.78 is 68.7. The van der Waals surface area contributed by atoms with Crippen molar-refractivity contribution < 1.29 is 31.1 Å². The van der Waals surface area contributed by atoms with Crippen molar-refractivity contribution in [2.45, 2.75) is 45.3 Å². The zero-order valence-electron chi connectivity index (χ0n) is 12.9. The number of nitrogens with one attached hydrogen (secondary N) is 1. The van der Waals surface area contributed by atoms with Gasteiger partial charge in [-0.05, 0) is 33.3 Å². The average molecular weight is 353 g/mol. The van der Waals surface area contributed by atoms with Crippen LogP contribution in [0.2, 0.25) is 0 Å². The number of benzene rings is 1. The van der Waals surface area contributed by atoms with E-state index in [1.165, 1.54) is 0 Å². The molecular formula is C14H18F3NO4S. The molecule has 0 aliphatic carbocycles. The minimum absolute atomic E-state index is 0.166. The monoisotopic (exact) mass is 353 g/mol. The third kappa shape index (κ3) is 6.57. The summed E-state index contributed by atoms with van der Waals surface area (Å²) in [7, 11) is -3.14. The lowest BCUT2D eigenvalue weighted by Crippen LogP contribution is -2.26. The normalized spacial score (nSPS) is 13.2. The second kappa shape index (κ2) is 7.78. The van der Waals surface area contributed by atoms with Crippen molar-refractivity contribution in [3.05, 3.63) is 35.1 Å². The van der Waals surface area contributed by atoms with E-state index in [1.54, 1.807) is 20.8 Å². The molecule has 1 aromatic carbocycles. The van der Waals surface area contributed by atoms with Crippen LogP contribution in [0.4, 0.5) is 13.2 Å². The van der Waals surface area contributed by atoms with Gasteiger partial charge in [-0.25, -0.2) is 26.3 Å². The van der Waals surface area contributed by atoms with Crippen LogP contribution < -0.4 is 4.72 Å². The van der Waals surface area contributed by atoms with E-state index in [0.29, 0.717) is 12.1 Å². The maximum atomic E-state index is 13.8. The zero-order valence-corrected chi connectivity index (χ0v) is 13.8. The summed E-state index contributed by atoms with van der Waals surface area (Å²) in [5, 5.41) is 0. The Hall–Kier alpha value is -1.61. The molecule has 0 fully saturated rings. The van der Waals surface area contributed by atoms with Crippen LogP contribution in [0, 0.1) is 17.5 Å². The van der Waals surface area contributed by atoms with E-state index >= 15 is 0 Å². The smallest absolute Gasteiger partial charge is 0.306 e. The Balaban J connectivity index is 2.94. The third-order valence-corrected chi connectivity index (χ3v) is 3.26. The lowest BCUT2D eigenvalue weighted by molar-refractivity contribution is -0.155. The molecule has 9 heteroatoms. The van der Waals surface area contributed by atoms with Gasteiger partial charge in [0, 0.05) is 24.1 Å². The average Bonchev–Trinajstić information content (AvgIpc) is 2.36. The number of rotatable bonds is 6. The Labute approximate surface area is 133 Å². The first kappa shape index (κ1) is 19.4. The summed E-state index contributed by atoms with van der Waals surface area (Å²) in [6, 6.07) is -0.320. The third-order valence-electron chi connectivity index (χ3n) is 2.73. The zero-order chi connectivity index (χ0) is 17.8. The number of carbonyl (C=O) groups excluding carboxylic acids is 1. The molecule has 0 spiro atoms. The SMILES string of the molecule is CC(C)(C)OC(=O)CC[C@@H](N[SH](=O)=O)c1cc(F)c(F)cc1F. The first-order chi connectivity index (χ1) is 10.5. The topological polar surface area (TPSA) is 72.5 Å². The van der Waals surface area contributed by atoms with Gasteiger partial charge in [0.05, 0.1) is 0 Å². The second-order valence-electron chi connectivity index (χ2n) is 5.85. The van der Waals surface area contributed by atoms with Crippen LogP contribution in [0.1, 0.15) is 45.2 Å². The highest BCUT2D eigenvalue weighted by molar-refractivity contribution is 7.70. The number of hydrogen-bond donors (Lipinski definition) is 2. The van der Waals surface area contributed by atoms with Crippen molar-refractivity contribution in [1.82, 2.24) is 4.72 Å². The first-order valence-electron chi connectivity index (χ1n) is 6.76. The largest absolute Gasteiger partial charge is 0.460 e. The van der Waals surface area contributed by atoms with E-state index in [2.05, 4.69) is 0 Å². The van der Waals surface area contributed by atoms with Gasteiger partial charge in [0.1, 0.15) is 11.4 Å². The predicted molar refractivity (Wildman–Crippen MR) is 77.6 cm³/mol. The fourth-order valence-electron chi connectivity index (χ4n) is 1.88. The van der Waals surface area contributed by atoms with E-state index in [0.717, 1.165) is 0 Å². The van der Waals surface area contributed by atoms with Gasteiger partial charge in [0.25, 0.3) is 0 Å². The van der Waals surface area contributed by atoms with Crippen LogP contribution in [-0.4, -0.2) is 20.0 Å². The quantitative estimate of drug-likeness (QED) is 0.468. The lowest BCUT2D eigenvalue weighted by atomic mass is 10.0. The molecule has 0 aliphatic rings. The molecule has 1 N–H and O–H groups in total. The molecule has 1 rings (SSSR count). The van der Waals surface area contributed by atoms with Gasteiger partial charge in [-0.1, -0.05) is 0 Å². The number of halogens is 3. The number of thiol groups is 1. The minimum atomic E-state index is -3.14. The van der Waals surface area contributed by atoms with Gasteiger partial charge in [-0.15, -0.1) is 0 Å². The Morgan fingerprint density at radius 3 is 2.26 bits per heavy atom. The fraction of sp³-hybridized carbons (Fsp3) is 0.500. The van der Waals surface area contributed by atoms with Crippen molar-refractivity contribution in [1.29, 1.82) is 0 Å². The maximum absolute atomic E-state index is 13.8. The molecule has 0 amide bonds. The molecule has 0 aliphatic heterocycles. The molecule has 0 aromatic heterocycles. The highest BCUT2D eigenvalue weighted by Gasteiger charge is 2.22.